The lowest BCUT2D eigenvalue weighted by molar-refractivity contribution is 0.461. The summed E-state index contributed by atoms with van der Waals surface area (Å²) in [6.07, 6.45) is 5.51. The smallest absolute Gasteiger partial charge is 0.109 e. The summed E-state index contributed by atoms with van der Waals surface area (Å²) >= 11 is 0. The fourth-order valence-corrected chi connectivity index (χ4v) is 2.58. The molecule has 0 fully saturated rings. The lowest BCUT2D eigenvalue weighted by Crippen LogP contribution is -2.07. The number of aromatic nitrogens is 2. The van der Waals surface area contributed by atoms with Crippen molar-refractivity contribution >= 4 is 6.08 Å². The summed E-state index contributed by atoms with van der Waals surface area (Å²) in [4.78, 5) is 0. The second kappa shape index (κ2) is 6.63. The number of hydrogen-bond donors (Lipinski definition) is 0. The number of nitrogens with zero attached hydrogens (tertiary/aromatic N) is 3. The van der Waals surface area contributed by atoms with Gasteiger partial charge in [-0.05, 0) is 48.9 Å². The van der Waals surface area contributed by atoms with Crippen molar-refractivity contribution < 1.29 is 8.78 Å². The van der Waals surface area contributed by atoms with Gasteiger partial charge >= 0.3 is 0 Å². The normalized spacial score (nSPS) is 17.9. The van der Waals surface area contributed by atoms with Crippen LogP contribution >= 0.6 is 0 Å². The number of allylic oxidation sites excluding steroid dienone is 5. The largest absolute Gasteiger partial charge is 0.241 e. The lowest BCUT2D eigenvalue weighted by atomic mass is 9.90. The molecule has 0 aliphatic heterocycles. The van der Waals surface area contributed by atoms with E-state index >= 15 is 0 Å². The van der Waals surface area contributed by atoms with Crippen molar-refractivity contribution in [3.63, 3.8) is 0 Å². The van der Waals surface area contributed by atoms with Crippen molar-refractivity contribution in [3.05, 3.63) is 77.2 Å². The van der Waals surface area contributed by atoms with Crippen LogP contribution < -0.4 is 0 Å². The van der Waals surface area contributed by atoms with Crippen LogP contribution in [0.2, 0.25) is 0 Å². The summed E-state index contributed by atoms with van der Waals surface area (Å²) in [5, 5.41) is 13.6. The quantitative estimate of drug-likeness (QED) is 0.760. The summed E-state index contributed by atoms with van der Waals surface area (Å²) < 4.78 is 29.0. The molecule has 24 heavy (non-hydrogen) atoms. The summed E-state index contributed by atoms with van der Waals surface area (Å²) in [5.74, 6) is -1.77. The zero-order chi connectivity index (χ0) is 17.1. The molecule has 1 aliphatic rings. The molecule has 0 amide bonds. The SMILES string of the molecule is Cc1ccn(-c2ccc(/C=C(\C#N)C3CC(F)=CC=C3F)cc2)n1. The highest BCUT2D eigenvalue weighted by Gasteiger charge is 2.23. The number of hydrogen-bond acceptors (Lipinski definition) is 2. The number of nitriles is 1. The Hall–Kier alpha value is -3.00. The first-order chi connectivity index (χ1) is 11.6. The van der Waals surface area contributed by atoms with E-state index < -0.39 is 17.6 Å². The van der Waals surface area contributed by atoms with E-state index in [9.17, 15) is 14.0 Å². The topological polar surface area (TPSA) is 41.6 Å². The Labute approximate surface area is 138 Å². The van der Waals surface area contributed by atoms with Gasteiger partial charge in [0, 0.05) is 18.2 Å². The van der Waals surface area contributed by atoms with Gasteiger partial charge in [0.15, 0.2) is 0 Å². The average Bonchev–Trinajstić information content (AvgIpc) is 3.02. The highest BCUT2D eigenvalue weighted by molar-refractivity contribution is 5.60. The molecule has 3 nitrogen and oxygen atoms in total. The maximum absolute atomic E-state index is 13.9. The highest BCUT2D eigenvalue weighted by Crippen LogP contribution is 2.33. The molecule has 0 N–H and O–H groups in total. The van der Waals surface area contributed by atoms with Gasteiger partial charge in [0.25, 0.3) is 0 Å². The molecule has 0 saturated heterocycles. The third-order valence-corrected chi connectivity index (χ3v) is 3.86. The van der Waals surface area contributed by atoms with E-state index in [1.807, 2.05) is 49.5 Å². The van der Waals surface area contributed by atoms with E-state index in [0.29, 0.717) is 0 Å². The van der Waals surface area contributed by atoms with Gasteiger partial charge in [0.05, 0.1) is 23.4 Å². The first kappa shape index (κ1) is 15.9. The third-order valence-electron chi connectivity index (χ3n) is 3.86. The summed E-state index contributed by atoms with van der Waals surface area (Å²) in [5.41, 5.74) is 2.76. The zero-order valence-corrected chi connectivity index (χ0v) is 13.1. The minimum Gasteiger partial charge on any atom is -0.241 e. The lowest BCUT2D eigenvalue weighted by Gasteiger charge is -2.16. The monoisotopic (exact) mass is 323 g/mol. The molecule has 120 valence electrons. The van der Waals surface area contributed by atoms with Crippen LogP contribution in [0.1, 0.15) is 17.7 Å². The molecule has 1 unspecified atom stereocenters. The molecule has 5 heteroatoms. The van der Waals surface area contributed by atoms with Crippen LogP contribution in [-0.4, -0.2) is 9.78 Å². The van der Waals surface area contributed by atoms with Crippen molar-refractivity contribution in [1.82, 2.24) is 9.78 Å². The van der Waals surface area contributed by atoms with Gasteiger partial charge in [0.1, 0.15) is 11.7 Å². The highest BCUT2D eigenvalue weighted by atomic mass is 19.1. The predicted octanol–water partition coefficient (Wildman–Crippen LogP) is 4.81. The van der Waals surface area contributed by atoms with Gasteiger partial charge in [0.2, 0.25) is 0 Å². The van der Waals surface area contributed by atoms with Crippen LogP contribution in [0.5, 0.6) is 0 Å². The van der Waals surface area contributed by atoms with Crippen molar-refractivity contribution in [3.8, 4) is 11.8 Å². The van der Waals surface area contributed by atoms with Crippen molar-refractivity contribution in [1.29, 1.82) is 5.26 Å². The van der Waals surface area contributed by atoms with Crippen molar-refractivity contribution in [2.45, 2.75) is 13.3 Å². The van der Waals surface area contributed by atoms with Crippen LogP contribution in [0.3, 0.4) is 0 Å². The molecule has 3 rings (SSSR count). The molecular weight excluding hydrogens is 308 g/mol. The van der Waals surface area contributed by atoms with Crippen LogP contribution in [0.25, 0.3) is 11.8 Å². The minimum absolute atomic E-state index is 0.119. The fourth-order valence-electron chi connectivity index (χ4n) is 2.58. The Balaban J connectivity index is 1.86. The number of benzene rings is 1. The second-order valence-electron chi connectivity index (χ2n) is 5.63. The van der Waals surface area contributed by atoms with E-state index in [1.165, 1.54) is 0 Å². The zero-order valence-electron chi connectivity index (χ0n) is 13.1. The Morgan fingerprint density at radius 3 is 2.62 bits per heavy atom. The molecule has 1 aliphatic carbocycles. The van der Waals surface area contributed by atoms with E-state index in [-0.39, 0.29) is 12.0 Å². The van der Waals surface area contributed by atoms with Gasteiger partial charge in [-0.1, -0.05) is 12.1 Å². The second-order valence-corrected chi connectivity index (χ2v) is 5.63. The van der Waals surface area contributed by atoms with Gasteiger partial charge in [-0.15, -0.1) is 0 Å². The number of aryl methyl sites for hydroxylation is 1. The van der Waals surface area contributed by atoms with E-state index in [2.05, 4.69) is 5.10 Å². The molecular formula is C19H15F2N3. The first-order valence-electron chi connectivity index (χ1n) is 7.53. The fraction of sp³-hybridized carbons (Fsp3) is 0.158. The molecule has 1 aromatic carbocycles. The summed E-state index contributed by atoms with van der Waals surface area (Å²) in [6, 6.07) is 11.3. The molecule has 0 radical (unpaired) electrons. The van der Waals surface area contributed by atoms with Crippen LogP contribution in [0.4, 0.5) is 8.78 Å². The van der Waals surface area contributed by atoms with Crippen molar-refractivity contribution in [2.75, 3.05) is 0 Å². The van der Waals surface area contributed by atoms with Crippen LogP contribution in [-0.2, 0) is 0 Å². The van der Waals surface area contributed by atoms with Crippen LogP contribution in [0.15, 0.2) is 65.9 Å². The summed E-state index contributed by atoms with van der Waals surface area (Å²) in [6.45, 7) is 1.91. The van der Waals surface area contributed by atoms with E-state index in [1.54, 1.807) is 10.8 Å². The molecule has 0 spiro atoms. The number of rotatable bonds is 3. The summed E-state index contributed by atoms with van der Waals surface area (Å²) in [7, 11) is 0. The van der Waals surface area contributed by atoms with E-state index in [4.69, 9.17) is 0 Å². The third kappa shape index (κ3) is 3.33. The Kier molecular flexibility index (Phi) is 4.39. The molecule has 0 bridgehead atoms. The molecule has 1 heterocycles. The molecule has 2 aromatic rings. The van der Waals surface area contributed by atoms with E-state index in [0.717, 1.165) is 29.1 Å². The van der Waals surface area contributed by atoms with Gasteiger partial charge in [-0.2, -0.15) is 10.4 Å². The average molecular weight is 323 g/mol. The van der Waals surface area contributed by atoms with Crippen LogP contribution in [0, 0.1) is 24.2 Å². The Morgan fingerprint density at radius 1 is 1.25 bits per heavy atom. The Bertz CT molecular complexity index is 880. The molecule has 1 atom stereocenters. The van der Waals surface area contributed by atoms with Gasteiger partial charge in [-0.25, -0.2) is 13.5 Å². The van der Waals surface area contributed by atoms with Gasteiger partial charge in [-0.3, -0.25) is 0 Å². The standard InChI is InChI=1S/C19H15F2N3/c1-13-8-9-24(23-13)17-5-2-14(3-6-17)10-15(12-22)18-11-16(20)4-7-19(18)21/h2-10,18H,11H2,1H3/b15-10+. The molecule has 1 aromatic heterocycles. The predicted molar refractivity (Wildman–Crippen MR) is 88.4 cm³/mol. The maximum atomic E-state index is 13.9. The van der Waals surface area contributed by atoms with Crippen molar-refractivity contribution in [2.24, 2.45) is 5.92 Å². The minimum atomic E-state index is -0.853. The number of halogens is 2. The first-order valence-corrected chi connectivity index (χ1v) is 7.53. The van der Waals surface area contributed by atoms with Gasteiger partial charge < -0.3 is 0 Å². The maximum Gasteiger partial charge on any atom is 0.109 e. The molecule has 0 saturated carbocycles. The Morgan fingerprint density at radius 2 is 2.00 bits per heavy atom.